The third-order valence-electron chi connectivity index (χ3n) is 1.74. The summed E-state index contributed by atoms with van der Waals surface area (Å²) in [4.78, 5) is 0. The van der Waals surface area contributed by atoms with Crippen LogP contribution in [0.1, 0.15) is 12.5 Å². The molecule has 1 rings (SSSR count). The highest BCUT2D eigenvalue weighted by Gasteiger charge is 1.91. The molecule has 0 fully saturated rings. The van der Waals surface area contributed by atoms with Gasteiger partial charge >= 0.3 is 0 Å². The second kappa shape index (κ2) is 10.3. The van der Waals surface area contributed by atoms with Gasteiger partial charge in [0.05, 0.1) is 6.61 Å². The van der Waals surface area contributed by atoms with E-state index in [0.717, 1.165) is 25.5 Å². The third-order valence-corrected chi connectivity index (χ3v) is 2.62. The molecule has 0 radical (unpaired) electrons. The van der Waals surface area contributed by atoms with Crippen LogP contribution in [0, 0.1) is 0 Å². The average molecular weight is 248 g/mol. The molecule has 0 spiro atoms. The quantitative estimate of drug-likeness (QED) is 0.592. The van der Waals surface area contributed by atoms with Crippen LogP contribution in [0.2, 0.25) is 0 Å². The lowest BCUT2D eigenvalue weighted by molar-refractivity contribution is 0.153. The first-order valence-electron chi connectivity index (χ1n) is 4.90. The van der Waals surface area contributed by atoms with Gasteiger partial charge in [0.1, 0.15) is 0 Å². The number of hydrogen-bond donors (Lipinski definition) is 1. The number of hydrogen-bond acceptors (Lipinski definition) is 3. The topological polar surface area (TPSA) is 21.3 Å². The lowest BCUT2D eigenvalue weighted by Gasteiger charge is -2.03. The van der Waals surface area contributed by atoms with Crippen LogP contribution in [0.25, 0.3) is 0 Å². The third kappa shape index (κ3) is 7.68. The van der Waals surface area contributed by atoms with Gasteiger partial charge in [-0.25, -0.2) is 0 Å². The summed E-state index contributed by atoms with van der Waals surface area (Å²) in [5.74, 6) is 1.01. The summed E-state index contributed by atoms with van der Waals surface area (Å²) in [6, 6.07) is 10.4. The monoisotopic (exact) mass is 247 g/mol. The van der Waals surface area contributed by atoms with Crippen molar-refractivity contribution < 1.29 is 4.74 Å². The summed E-state index contributed by atoms with van der Waals surface area (Å²) in [5, 5.41) is 0. The van der Waals surface area contributed by atoms with Crippen LogP contribution < -0.4 is 4.72 Å². The fourth-order valence-electron chi connectivity index (χ4n) is 1.04. The van der Waals surface area contributed by atoms with E-state index in [1.165, 1.54) is 5.56 Å². The Balaban J connectivity index is 0.00000196. The Morgan fingerprint density at radius 3 is 2.67 bits per heavy atom. The molecule has 1 N–H and O–H groups in total. The summed E-state index contributed by atoms with van der Waals surface area (Å²) < 4.78 is 8.47. The Morgan fingerprint density at radius 2 is 2.00 bits per heavy atom. The Hall–Kier alpha value is -0.220. The zero-order valence-electron chi connectivity index (χ0n) is 8.94. The summed E-state index contributed by atoms with van der Waals surface area (Å²) >= 11 is 1.73. The molecule has 4 heteroatoms. The normalized spacial score (nSPS) is 9.67. The van der Waals surface area contributed by atoms with Crippen LogP contribution in [-0.4, -0.2) is 19.8 Å². The summed E-state index contributed by atoms with van der Waals surface area (Å²) in [6.45, 7) is 4.51. The maximum atomic E-state index is 5.21. The van der Waals surface area contributed by atoms with Gasteiger partial charge in [-0.15, -0.1) is 12.4 Å². The first-order chi connectivity index (χ1) is 6.93. The number of benzene rings is 1. The van der Waals surface area contributed by atoms with Crippen LogP contribution in [0.4, 0.5) is 0 Å². The summed E-state index contributed by atoms with van der Waals surface area (Å²) in [5.41, 5.74) is 1.35. The Kier molecular flexibility index (Phi) is 10.2. The lowest BCUT2D eigenvalue weighted by Crippen LogP contribution is -2.12. The number of rotatable bonds is 7. The van der Waals surface area contributed by atoms with E-state index in [1.807, 2.05) is 13.0 Å². The number of nitrogens with one attached hydrogen (secondary N) is 1. The van der Waals surface area contributed by atoms with Gasteiger partial charge in [-0.3, -0.25) is 4.72 Å². The van der Waals surface area contributed by atoms with Crippen LogP contribution in [0.5, 0.6) is 0 Å². The molecule has 15 heavy (non-hydrogen) atoms. The van der Waals surface area contributed by atoms with Gasteiger partial charge in [0, 0.05) is 18.9 Å². The Labute approximate surface area is 102 Å². The minimum atomic E-state index is 0. The van der Waals surface area contributed by atoms with Crippen molar-refractivity contribution in [2.75, 3.05) is 19.8 Å². The van der Waals surface area contributed by atoms with Crippen molar-refractivity contribution in [2.45, 2.75) is 12.7 Å². The molecule has 0 aliphatic heterocycles. The van der Waals surface area contributed by atoms with Crippen LogP contribution >= 0.6 is 24.4 Å². The zero-order valence-corrected chi connectivity index (χ0v) is 10.6. The van der Waals surface area contributed by atoms with E-state index in [2.05, 4.69) is 29.0 Å². The van der Waals surface area contributed by atoms with Crippen molar-refractivity contribution in [1.82, 2.24) is 4.72 Å². The molecular formula is C11H18ClNOS. The molecule has 86 valence electrons. The second-order valence-corrected chi connectivity index (χ2v) is 3.73. The highest BCUT2D eigenvalue weighted by atomic mass is 35.5. The number of ether oxygens (including phenoxy) is 1. The molecule has 2 nitrogen and oxygen atoms in total. The number of halogens is 1. The van der Waals surface area contributed by atoms with Crippen molar-refractivity contribution in [3.63, 3.8) is 0 Å². The van der Waals surface area contributed by atoms with Crippen LogP contribution in [-0.2, 0) is 10.5 Å². The van der Waals surface area contributed by atoms with Crippen LogP contribution in [0.3, 0.4) is 0 Å². The van der Waals surface area contributed by atoms with Crippen molar-refractivity contribution in [2.24, 2.45) is 0 Å². The van der Waals surface area contributed by atoms with Crippen molar-refractivity contribution in [3.05, 3.63) is 35.9 Å². The van der Waals surface area contributed by atoms with E-state index in [4.69, 9.17) is 4.74 Å². The smallest absolute Gasteiger partial charge is 0.0600 e. The van der Waals surface area contributed by atoms with E-state index < -0.39 is 0 Å². The second-order valence-electron chi connectivity index (χ2n) is 2.87. The summed E-state index contributed by atoms with van der Waals surface area (Å²) in [6.07, 6.45) is 0. The first-order valence-corrected chi connectivity index (χ1v) is 5.88. The highest BCUT2D eigenvalue weighted by Crippen LogP contribution is 2.07. The Bertz CT molecular complexity index is 233. The standard InChI is InChI=1S/C11H17NOS.ClH/c1-2-13-9-8-12-14-10-11-6-4-3-5-7-11;/h3-7,12H,2,8-10H2,1H3;1H. The molecule has 0 heterocycles. The van der Waals surface area contributed by atoms with E-state index in [1.54, 1.807) is 11.9 Å². The van der Waals surface area contributed by atoms with E-state index in [0.29, 0.717) is 0 Å². The molecule has 0 amide bonds. The average Bonchev–Trinajstić information content (AvgIpc) is 2.25. The van der Waals surface area contributed by atoms with Gasteiger partial charge in [0.25, 0.3) is 0 Å². The minimum absolute atomic E-state index is 0. The molecule has 0 aromatic heterocycles. The summed E-state index contributed by atoms with van der Waals surface area (Å²) in [7, 11) is 0. The maximum Gasteiger partial charge on any atom is 0.0600 e. The Morgan fingerprint density at radius 1 is 1.27 bits per heavy atom. The van der Waals surface area contributed by atoms with E-state index in [9.17, 15) is 0 Å². The first kappa shape index (κ1) is 14.8. The van der Waals surface area contributed by atoms with Gasteiger partial charge in [-0.1, -0.05) is 42.3 Å². The van der Waals surface area contributed by atoms with E-state index >= 15 is 0 Å². The molecule has 0 aliphatic rings. The van der Waals surface area contributed by atoms with Gasteiger partial charge in [0.2, 0.25) is 0 Å². The molecule has 1 aromatic carbocycles. The lowest BCUT2D eigenvalue weighted by atomic mass is 10.2. The molecule has 0 unspecified atom stereocenters. The highest BCUT2D eigenvalue weighted by molar-refractivity contribution is 7.96. The molecule has 0 saturated heterocycles. The van der Waals surface area contributed by atoms with E-state index in [-0.39, 0.29) is 12.4 Å². The molecule has 0 aliphatic carbocycles. The van der Waals surface area contributed by atoms with Crippen molar-refractivity contribution in [1.29, 1.82) is 0 Å². The molecule has 0 bridgehead atoms. The largest absolute Gasteiger partial charge is 0.380 e. The van der Waals surface area contributed by atoms with Crippen molar-refractivity contribution >= 4 is 24.4 Å². The SMILES string of the molecule is CCOCCNSCc1ccccc1.Cl. The fourth-order valence-corrected chi connectivity index (χ4v) is 1.73. The fraction of sp³-hybridized carbons (Fsp3) is 0.455. The molecular weight excluding hydrogens is 230 g/mol. The van der Waals surface area contributed by atoms with Gasteiger partial charge in [-0.2, -0.15) is 0 Å². The molecule has 0 saturated carbocycles. The predicted molar refractivity (Wildman–Crippen MR) is 69.5 cm³/mol. The van der Waals surface area contributed by atoms with Gasteiger partial charge < -0.3 is 4.74 Å². The predicted octanol–water partition coefficient (Wildman–Crippen LogP) is 2.88. The van der Waals surface area contributed by atoms with Gasteiger partial charge in [0.15, 0.2) is 0 Å². The van der Waals surface area contributed by atoms with Gasteiger partial charge in [-0.05, 0) is 12.5 Å². The molecule has 1 aromatic rings. The van der Waals surface area contributed by atoms with Crippen LogP contribution in [0.15, 0.2) is 30.3 Å². The van der Waals surface area contributed by atoms with Crippen molar-refractivity contribution in [3.8, 4) is 0 Å². The zero-order chi connectivity index (χ0) is 10.1. The minimum Gasteiger partial charge on any atom is -0.380 e. The molecule has 0 atom stereocenters. The maximum absolute atomic E-state index is 5.21.